The molecule has 0 aliphatic heterocycles. The number of carboxylic acid groups (broad SMARTS) is 1. The third kappa shape index (κ3) is 3.54. The minimum absolute atomic E-state index is 0.0139. The number of carboxylic acids is 1. The summed E-state index contributed by atoms with van der Waals surface area (Å²) >= 11 is 0. The van der Waals surface area contributed by atoms with Crippen LogP contribution in [0.15, 0.2) is 18.2 Å². The summed E-state index contributed by atoms with van der Waals surface area (Å²) in [4.78, 5) is 23.3. The second-order valence-electron chi connectivity index (χ2n) is 5.89. The fourth-order valence-corrected chi connectivity index (χ4v) is 2.42. The summed E-state index contributed by atoms with van der Waals surface area (Å²) in [7, 11) is 0. The number of nitrogens with one attached hydrogen (secondary N) is 1. The Hall–Kier alpha value is -2.04. The molecule has 1 saturated carbocycles. The van der Waals surface area contributed by atoms with Crippen LogP contribution in [-0.4, -0.2) is 29.1 Å². The molecule has 0 spiro atoms. The summed E-state index contributed by atoms with van der Waals surface area (Å²) in [6.07, 6.45) is 1.67. The summed E-state index contributed by atoms with van der Waals surface area (Å²) in [5, 5.41) is 11.9. The molecule has 1 aromatic carbocycles. The molecule has 0 radical (unpaired) electrons. The number of hydrogen-bond donors (Lipinski definition) is 2. The zero-order valence-electron chi connectivity index (χ0n) is 12.6. The molecule has 1 atom stereocenters. The minimum atomic E-state index is -1.19. The second-order valence-corrected chi connectivity index (χ2v) is 5.89. The molecule has 5 heteroatoms. The minimum Gasteiger partial charge on any atom is -0.484 e. The molecule has 1 aliphatic carbocycles. The maximum Gasteiger partial charge on any atom is 0.329 e. The molecular weight excluding hydrogens is 270 g/mol. The lowest BCUT2D eigenvalue weighted by atomic mass is 9.96. The molecule has 1 fully saturated rings. The van der Waals surface area contributed by atoms with Gasteiger partial charge in [0.25, 0.3) is 5.91 Å². The van der Waals surface area contributed by atoms with Crippen molar-refractivity contribution in [2.75, 3.05) is 6.61 Å². The number of benzene rings is 1. The van der Waals surface area contributed by atoms with Crippen molar-refractivity contribution >= 4 is 11.9 Å². The highest BCUT2D eigenvalue weighted by Crippen LogP contribution is 2.39. The Morgan fingerprint density at radius 3 is 2.57 bits per heavy atom. The Morgan fingerprint density at radius 2 is 2.05 bits per heavy atom. The number of hydrogen-bond acceptors (Lipinski definition) is 3. The summed E-state index contributed by atoms with van der Waals surface area (Å²) in [6.45, 7) is 5.27. The fourth-order valence-electron chi connectivity index (χ4n) is 2.42. The first-order valence-corrected chi connectivity index (χ1v) is 7.07. The molecule has 2 N–H and O–H groups in total. The van der Waals surface area contributed by atoms with Crippen molar-refractivity contribution in [3.05, 3.63) is 29.3 Å². The van der Waals surface area contributed by atoms with Gasteiger partial charge in [0.2, 0.25) is 0 Å². The molecule has 1 aromatic rings. The van der Waals surface area contributed by atoms with Gasteiger partial charge in [0, 0.05) is 0 Å². The highest BCUT2D eigenvalue weighted by Gasteiger charge is 2.48. The summed E-state index contributed by atoms with van der Waals surface area (Å²) in [5.74, 6) is -0.754. The van der Waals surface area contributed by atoms with Crippen molar-refractivity contribution in [1.29, 1.82) is 0 Å². The summed E-state index contributed by atoms with van der Waals surface area (Å²) in [6, 6.07) is 5.69. The van der Waals surface area contributed by atoms with E-state index in [1.54, 1.807) is 6.92 Å². The van der Waals surface area contributed by atoms with E-state index in [0.717, 1.165) is 24.0 Å². The van der Waals surface area contributed by atoms with Gasteiger partial charge in [-0.25, -0.2) is 4.79 Å². The van der Waals surface area contributed by atoms with Crippen LogP contribution >= 0.6 is 0 Å². The first kappa shape index (κ1) is 15.4. The van der Waals surface area contributed by atoms with Crippen molar-refractivity contribution in [2.45, 2.75) is 39.2 Å². The van der Waals surface area contributed by atoms with Crippen molar-refractivity contribution in [3.8, 4) is 5.75 Å². The van der Waals surface area contributed by atoms with Crippen molar-refractivity contribution in [2.24, 2.45) is 5.92 Å². The standard InChI is InChI=1S/C16H21NO4/c1-10-4-7-13(11(2)8-10)21-9-14(18)17-16(3,15(19)20)12-5-6-12/h4,7-8,12H,5-6,9H2,1-3H3,(H,17,18)(H,19,20). The van der Waals surface area contributed by atoms with E-state index >= 15 is 0 Å². The fraction of sp³-hybridized carbons (Fsp3) is 0.500. The van der Waals surface area contributed by atoms with Crippen LogP contribution in [-0.2, 0) is 9.59 Å². The van der Waals surface area contributed by atoms with Crippen molar-refractivity contribution in [3.63, 3.8) is 0 Å². The third-order valence-corrected chi connectivity index (χ3v) is 3.93. The number of ether oxygens (including phenoxy) is 1. The van der Waals surface area contributed by atoms with E-state index in [-0.39, 0.29) is 12.5 Å². The molecule has 1 amide bonds. The van der Waals surface area contributed by atoms with Gasteiger partial charge in [0.1, 0.15) is 11.3 Å². The zero-order chi connectivity index (χ0) is 15.6. The molecule has 1 aliphatic rings. The molecule has 0 heterocycles. The zero-order valence-corrected chi connectivity index (χ0v) is 12.6. The first-order valence-electron chi connectivity index (χ1n) is 7.07. The Kier molecular flexibility index (Phi) is 4.21. The Balaban J connectivity index is 1.94. The van der Waals surface area contributed by atoms with E-state index < -0.39 is 17.4 Å². The lowest BCUT2D eigenvalue weighted by Gasteiger charge is -2.26. The topological polar surface area (TPSA) is 75.6 Å². The SMILES string of the molecule is Cc1ccc(OCC(=O)NC(C)(C(=O)O)C2CC2)c(C)c1. The molecule has 0 bridgehead atoms. The molecule has 0 saturated heterocycles. The second kappa shape index (κ2) is 5.76. The smallest absolute Gasteiger partial charge is 0.329 e. The quantitative estimate of drug-likeness (QED) is 0.841. The molecule has 1 unspecified atom stereocenters. The average molecular weight is 291 g/mol. The molecule has 114 valence electrons. The van der Waals surface area contributed by atoms with E-state index in [1.807, 2.05) is 32.0 Å². The van der Waals surface area contributed by atoms with E-state index in [9.17, 15) is 14.7 Å². The van der Waals surface area contributed by atoms with Crippen LogP contribution in [0, 0.1) is 19.8 Å². The first-order chi connectivity index (χ1) is 9.83. The number of carbonyl (C=O) groups excluding carboxylic acids is 1. The number of amides is 1. The molecular formula is C16H21NO4. The molecule has 2 rings (SSSR count). The van der Waals surface area contributed by atoms with Gasteiger partial charge < -0.3 is 15.2 Å². The predicted molar refractivity (Wildman–Crippen MR) is 78.3 cm³/mol. The predicted octanol–water partition coefficient (Wildman–Crippen LogP) is 2.05. The summed E-state index contributed by atoms with van der Waals surface area (Å²) < 4.78 is 5.47. The lowest BCUT2D eigenvalue weighted by Crippen LogP contribution is -2.55. The monoisotopic (exact) mass is 291 g/mol. The third-order valence-electron chi connectivity index (χ3n) is 3.93. The number of aliphatic carboxylic acids is 1. The van der Waals surface area contributed by atoms with Gasteiger partial charge in [-0.2, -0.15) is 0 Å². The van der Waals surface area contributed by atoms with Crippen LogP contribution in [0.5, 0.6) is 5.75 Å². The number of carbonyl (C=O) groups is 2. The van der Waals surface area contributed by atoms with Crippen LogP contribution in [0.4, 0.5) is 0 Å². The van der Waals surface area contributed by atoms with Crippen molar-refractivity contribution in [1.82, 2.24) is 5.32 Å². The van der Waals surface area contributed by atoms with E-state index in [0.29, 0.717) is 5.75 Å². The van der Waals surface area contributed by atoms with Gasteiger partial charge in [-0.1, -0.05) is 17.7 Å². The molecule has 0 aromatic heterocycles. The Labute approximate surface area is 124 Å². The maximum absolute atomic E-state index is 11.9. The highest BCUT2D eigenvalue weighted by atomic mass is 16.5. The maximum atomic E-state index is 11.9. The van der Waals surface area contributed by atoms with Crippen LogP contribution in [0.1, 0.15) is 30.9 Å². The van der Waals surface area contributed by atoms with Gasteiger partial charge >= 0.3 is 5.97 Å². The van der Waals surface area contributed by atoms with Gasteiger partial charge in [0.15, 0.2) is 6.61 Å². The van der Waals surface area contributed by atoms with E-state index in [2.05, 4.69) is 5.32 Å². The van der Waals surface area contributed by atoms with Crippen LogP contribution in [0.3, 0.4) is 0 Å². The van der Waals surface area contributed by atoms with Gasteiger partial charge in [-0.05, 0) is 51.2 Å². The lowest BCUT2D eigenvalue weighted by molar-refractivity contribution is -0.148. The van der Waals surface area contributed by atoms with E-state index in [1.165, 1.54) is 0 Å². The van der Waals surface area contributed by atoms with Gasteiger partial charge in [0.05, 0.1) is 0 Å². The van der Waals surface area contributed by atoms with E-state index in [4.69, 9.17) is 4.74 Å². The van der Waals surface area contributed by atoms with Crippen molar-refractivity contribution < 1.29 is 19.4 Å². The summed E-state index contributed by atoms with van der Waals surface area (Å²) in [5.41, 5.74) is 0.880. The number of aryl methyl sites for hydroxylation is 2. The Bertz CT molecular complexity index is 565. The molecule has 21 heavy (non-hydrogen) atoms. The van der Waals surface area contributed by atoms with Gasteiger partial charge in [-0.15, -0.1) is 0 Å². The number of rotatable bonds is 6. The average Bonchev–Trinajstić information content (AvgIpc) is 3.21. The van der Waals surface area contributed by atoms with Gasteiger partial charge in [-0.3, -0.25) is 4.79 Å². The largest absolute Gasteiger partial charge is 0.484 e. The normalized spacial score (nSPS) is 16.9. The van der Waals surface area contributed by atoms with Crippen LogP contribution in [0.2, 0.25) is 0 Å². The molecule has 5 nitrogen and oxygen atoms in total. The Morgan fingerprint density at radius 1 is 1.38 bits per heavy atom. The van der Waals surface area contributed by atoms with Crippen LogP contribution < -0.4 is 10.1 Å². The van der Waals surface area contributed by atoms with Crippen LogP contribution in [0.25, 0.3) is 0 Å². The highest BCUT2D eigenvalue weighted by molar-refractivity contribution is 5.88.